The highest BCUT2D eigenvalue weighted by atomic mass is 16.3. The van der Waals surface area contributed by atoms with Gasteiger partial charge in [-0.25, -0.2) is 0 Å². The van der Waals surface area contributed by atoms with Gasteiger partial charge in [-0.2, -0.15) is 0 Å². The number of hydrogen-bond donors (Lipinski definition) is 3. The number of nitrogen functional groups attached to an aromatic ring is 1. The maximum Gasteiger partial charge on any atom is 0.138 e. The third-order valence-corrected chi connectivity index (χ3v) is 2.55. The Labute approximate surface area is 93.8 Å². The number of hydrogen-bond acceptors (Lipinski definition) is 3. The Bertz CT molecular complexity index is 509. The number of phenols is 2. The van der Waals surface area contributed by atoms with Gasteiger partial charge in [0.2, 0.25) is 0 Å². The van der Waals surface area contributed by atoms with Crippen LogP contribution < -0.4 is 5.73 Å². The van der Waals surface area contributed by atoms with Gasteiger partial charge in [-0.1, -0.05) is 30.3 Å². The van der Waals surface area contributed by atoms with Crippen LogP contribution in [0.25, 0.3) is 0 Å². The van der Waals surface area contributed by atoms with Crippen molar-refractivity contribution in [1.82, 2.24) is 0 Å². The molecule has 0 unspecified atom stereocenters. The summed E-state index contributed by atoms with van der Waals surface area (Å²) in [5.74, 6) is 0.318. The molecule has 4 N–H and O–H groups in total. The second-order valence-corrected chi connectivity index (χ2v) is 3.66. The average Bonchev–Trinajstić information content (AvgIpc) is 2.28. The van der Waals surface area contributed by atoms with Gasteiger partial charge >= 0.3 is 0 Å². The summed E-state index contributed by atoms with van der Waals surface area (Å²) in [5, 5.41) is 19.1. The van der Waals surface area contributed by atoms with Gasteiger partial charge in [0.1, 0.15) is 11.5 Å². The molecule has 0 aliphatic heterocycles. The Hall–Kier alpha value is -2.16. The van der Waals surface area contributed by atoms with E-state index in [1.807, 2.05) is 18.2 Å². The lowest BCUT2D eigenvalue weighted by molar-refractivity contribution is 0.468. The van der Waals surface area contributed by atoms with Crippen LogP contribution in [0.1, 0.15) is 11.1 Å². The van der Waals surface area contributed by atoms with E-state index in [2.05, 4.69) is 0 Å². The molecule has 0 aromatic heterocycles. The first-order valence-electron chi connectivity index (χ1n) is 5.01. The van der Waals surface area contributed by atoms with Crippen LogP contribution in [0.2, 0.25) is 0 Å². The molecule has 0 spiro atoms. The van der Waals surface area contributed by atoms with E-state index in [-0.39, 0.29) is 11.5 Å². The molecule has 2 aromatic rings. The van der Waals surface area contributed by atoms with Crippen molar-refractivity contribution in [1.29, 1.82) is 0 Å². The third kappa shape index (κ3) is 1.93. The van der Waals surface area contributed by atoms with Gasteiger partial charge in [-0.05, 0) is 23.3 Å². The Morgan fingerprint density at radius 2 is 1.44 bits per heavy atom. The average molecular weight is 215 g/mol. The van der Waals surface area contributed by atoms with Gasteiger partial charge in [0.05, 0.1) is 5.69 Å². The number of nitrogens with two attached hydrogens (primary N) is 1. The second kappa shape index (κ2) is 4.14. The smallest absolute Gasteiger partial charge is 0.138 e. The predicted octanol–water partition coefficient (Wildman–Crippen LogP) is 2.27. The SMILES string of the molecule is Nc1c(O)cccc1Cc1ccccc1O. The number of aromatic hydroxyl groups is 2. The monoisotopic (exact) mass is 215 g/mol. The zero-order valence-electron chi connectivity index (χ0n) is 8.72. The molecule has 2 aromatic carbocycles. The van der Waals surface area contributed by atoms with Gasteiger partial charge < -0.3 is 15.9 Å². The van der Waals surface area contributed by atoms with Crippen molar-refractivity contribution < 1.29 is 10.2 Å². The topological polar surface area (TPSA) is 66.5 Å². The van der Waals surface area contributed by atoms with E-state index in [1.54, 1.807) is 24.3 Å². The van der Waals surface area contributed by atoms with Crippen LogP contribution >= 0.6 is 0 Å². The fraction of sp³-hybridized carbons (Fsp3) is 0.0769. The number of para-hydroxylation sites is 2. The first-order chi connectivity index (χ1) is 7.68. The largest absolute Gasteiger partial charge is 0.508 e. The fourth-order valence-electron chi connectivity index (χ4n) is 1.62. The maximum absolute atomic E-state index is 9.63. The molecule has 0 heterocycles. The Kier molecular flexibility index (Phi) is 2.68. The summed E-state index contributed by atoms with van der Waals surface area (Å²) >= 11 is 0. The van der Waals surface area contributed by atoms with Crippen LogP contribution in [-0.2, 0) is 6.42 Å². The van der Waals surface area contributed by atoms with Crippen LogP contribution in [0.15, 0.2) is 42.5 Å². The Morgan fingerprint density at radius 3 is 2.19 bits per heavy atom. The normalized spacial score (nSPS) is 10.2. The van der Waals surface area contributed by atoms with E-state index in [1.165, 1.54) is 0 Å². The highest BCUT2D eigenvalue weighted by Crippen LogP contribution is 2.27. The molecule has 16 heavy (non-hydrogen) atoms. The summed E-state index contributed by atoms with van der Waals surface area (Å²) in [6.07, 6.45) is 0.507. The first-order valence-corrected chi connectivity index (χ1v) is 5.01. The minimum atomic E-state index is 0.0768. The number of rotatable bonds is 2. The summed E-state index contributed by atoms with van der Waals surface area (Å²) in [4.78, 5) is 0. The zero-order chi connectivity index (χ0) is 11.5. The summed E-state index contributed by atoms with van der Waals surface area (Å²) in [7, 11) is 0. The summed E-state index contributed by atoms with van der Waals surface area (Å²) < 4.78 is 0. The fourth-order valence-corrected chi connectivity index (χ4v) is 1.62. The zero-order valence-corrected chi connectivity index (χ0v) is 8.72. The Balaban J connectivity index is 2.35. The number of phenolic OH excluding ortho intramolecular Hbond substituents is 2. The number of benzene rings is 2. The lowest BCUT2D eigenvalue weighted by Gasteiger charge is -2.08. The molecule has 3 nitrogen and oxygen atoms in total. The molecule has 0 saturated carbocycles. The quantitative estimate of drug-likeness (QED) is 0.531. The van der Waals surface area contributed by atoms with Crippen LogP contribution in [-0.4, -0.2) is 10.2 Å². The van der Waals surface area contributed by atoms with Gasteiger partial charge in [-0.3, -0.25) is 0 Å². The molecule has 0 aliphatic carbocycles. The molecule has 2 rings (SSSR count). The van der Waals surface area contributed by atoms with Crippen molar-refractivity contribution in [2.24, 2.45) is 0 Å². The van der Waals surface area contributed by atoms with Crippen molar-refractivity contribution in [2.45, 2.75) is 6.42 Å². The molecule has 0 bridgehead atoms. The van der Waals surface area contributed by atoms with Crippen molar-refractivity contribution >= 4 is 5.69 Å². The summed E-state index contributed by atoms with van der Waals surface area (Å²) in [6.45, 7) is 0. The molecule has 0 fully saturated rings. The molecule has 0 aliphatic rings. The van der Waals surface area contributed by atoms with Crippen LogP contribution in [0, 0.1) is 0 Å². The van der Waals surface area contributed by atoms with Crippen molar-refractivity contribution in [3.05, 3.63) is 53.6 Å². The molecular weight excluding hydrogens is 202 g/mol. The molecule has 82 valence electrons. The third-order valence-electron chi connectivity index (χ3n) is 2.55. The highest BCUT2D eigenvalue weighted by Gasteiger charge is 2.06. The van der Waals surface area contributed by atoms with E-state index >= 15 is 0 Å². The Morgan fingerprint density at radius 1 is 0.812 bits per heavy atom. The highest BCUT2D eigenvalue weighted by molar-refractivity contribution is 5.59. The van der Waals surface area contributed by atoms with Gasteiger partial charge in [-0.15, -0.1) is 0 Å². The van der Waals surface area contributed by atoms with Gasteiger partial charge in [0.25, 0.3) is 0 Å². The first kappa shape index (κ1) is 10.4. The van der Waals surface area contributed by atoms with Crippen LogP contribution in [0.4, 0.5) is 5.69 Å². The van der Waals surface area contributed by atoms with E-state index < -0.39 is 0 Å². The molecule has 0 amide bonds. The minimum Gasteiger partial charge on any atom is -0.508 e. The maximum atomic E-state index is 9.63. The second-order valence-electron chi connectivity index (χ2n) is 3.66. The summed E-state index contributed by atoms with van der Waals surface area (Å²) in [6, 6.07) is 12.2. The molecular formula is C13H13NO2. The summed E-state index contributed by atoms with van der Waals surface area (Å²) in [5.41, 5.74) is 7.71. The van der Waals surface area contributed by atoms with E-state index in [0.29, 0.717) is 12.1 Å². The van der Waals surface area contributed by atoms with Crippen molar-refractivity contribution in [3.8, 4) is 11.5 Å². The molecule has 0 atom stereocenters. The lowest BCUT2D eigenvalue weighted by Crippen LogP contribution is -1.96. The van der Waals surface area contributed by atoms with Crippen molar-refractivity contribution in [3.63, 3.8) is 0 Å². The standard InChI is InChI=1S/C13H13NO2/c14-13-10(5-3-7-12(13)16)8-9-4-1-2-6-11(9)15/h1-7,15-16H,8,14H2. The van der Waals surface area contributed by atoms with Gasteiger partial charge in [0.15, 0.2) is 0 Å². The van der Waals surface area contributed by atoms with Crippen molar-refractivity contribution in [2.75, 3.05) is 5.73 Å². The van der Waals surface area contributed by atoms with Gasteiger partial charge in [0, 0.05) is 6.42 Å². The lowest BCUT2D eigenvalue weighted by atomic mass is 10.0. The molecule has 0 saturated heterocycles. The van der Waals surface area contributed by atoms with Crippen LogP contribution in [0.3, 0.4) is 0 Å². The minimum absolute atomic E-state index is 0.0768. The predicted molar refractivity (Wildman–Crippen MR) is 63.4 cm³/mol. The number of anilines is 1. The van der Waals surface area contributed by atoms with E-state index in [0.717, 1.165) is 11.1 Å². The van der Waals surface area contributed by atoms with Crippen LogP contribution in [0.5, 0.6) is 11.5 Å². The van der Waals surface area contributed by atoms with E-state index in [9.17, 15) is 10.2 Å². The molecule has 0 radical (unpaired) electrons. The van der Waals surface area contributed by atoms with E-state index in [4.69, 9.17) is 5.73 Å². The molecule has 3 heteroatoms.